The second-order valence-corrected chi connectivity index (χ2v) is 3.63. The first kappa shape index (κ1) is 14.2. The van der Waals surface area contributed by atoms with Crippen molar-refractivity contribution in [2.45, 2.75) is 38.9 Å². The zero-order valence-corrected chi connectivity index (χ0v) is 9.30. The molecule has 0 aliphatic rings. The first-order chi connectivity index (χ1) is 6.86. The Morgan fingerprint density at radius 2 is 1.73 bits per heavy atom. The number of hydrogen-bond acceptors (Lipinski definition) is 2. The summed E-state index contributed by atoms with van der Waals surface area (Å²) in [5, 5.41) is 8.44. The Balaban J connectivity index is 4.38. The number of nitriles is 1. The monoisotopic (exact) mass is 222 g/mol. The van der Waals surface area contributed by atoms with Crippen molar-refractivity contribution in [2.24, 2.45) is 5.92 Å². The lowest BCUT2D eigenvalue weighted by atomic mass is 10.1. The van der Waals surface area contributed by atoms with Crippen LogP contribution in [0.25, 0.3) is 0 Å². The number of rotatable bonds is 5. The van der Waals surface area contributed by atoms with Gasteiger partial charge in [-0.1, -0.05) is 13.8 Å². The van der Waals surface area contributed by atoms with Gasteiger partial charge in [0.1, 0.15) is 0 Å². The van der Waals surface area contributed by atoms with Crippen LogP contribution in [0.4, 0.5) is 13.2 Å². The fourth-order valence-electron chi connectivity index (χ4n) is 1.57. The molecular weight excluding hydrogens is 205 g/mol. The molecule has 0 aromatic rings. The molecule has 0 aliphatic heterocycles. The molecule has 0 bridgehead atoms. The Morgan fingerprint density at radius 3 is 2.00 bits per heavy atom. The molecule has 88 valence electrons. The Hall–Kier alpha value is -0.760. The molecule has 0 aromatic carbocycles. The van der Waals surface area contributed by atoms with Crippen molar-refractivity contribution in [1.29, 1.82) is 5.26 Å². The number of alkyl halides is 3. The van der Waals surface area contributed by atoms with Crippen LogP contribution < -0.4 is 0 Å². The molecule has 0 saturated heterocycles. The van der Waals surface area contributed by atoms with Crippen LogP contribution in [0.5, 0.6) is 0 Å². The van der Waals surface area contributed by atoms with Gasteiger partial charge in [0.15, 0.2) is 5.92 Å². The highest BCUT2D eigenvalue weighted by Gasteiger charge is 2.40. The second-order valence-electron chi connectivity index (χ2n) is 3.63. The summed E-state index contributed by atoms with van der Waals surface area (Å²) < 4.78 is 36.9. The fourth-order valence-corrected chi connectivity index (χ4v) is 1.57. The molecule has 0 rings (SSSR count). The first-order valence-electron chi connectivity index (χ1n) is 5.03. The van der Waals surface area contributed by atoms with Gasteiger partial charge in [-0.05, 0) is 19.9 Å². The van der Waals surface area contributed by atoms with Crippen LogP contribution in [-0.4, -0.2) is 30.7 Å². The smallest absolute Gasteiger partial charge is 0.302 e. The van der Waals surface area contributed by atoms with Crippen LogP contribution in [0.2, 0.25) is 0 Å². The minimum Gasteiger partial charge on any atom is -0.302 e. The van der Waals surface area contributed by atoms with Crippen molar-refractivity contribution in [3.8, 4) is 6.07 Å². The maximum Gasteiger partial charge on any atom is 0.405 e. The van der Waals surface area contributed by atoms with Crippen molar-refractivity contribution >= 4 is 0 Å². The van der Waals surface area contributed by atoms with E-state index in [0.29, 0.717) is 0 Å². The molecule has 0 amide bonds. The van der Waals surface area contributed by atoms with Crippen LogP contribution >= 0.6 is 0 Å². The number of nitrogens with zero attached hydrogens (tertiary/aromatic N) is 2. The summed E-state index contributed by atoms with van der Waals surface area (Å²) >= 11 is 0. The maximum absolute atomic E-state index is 12.3. The van der Waals surface area contributed by atoms with E-state index in [1.807, 2.05) is 13.8 Å². The molecule has 0 heterocycles. The van der Waals surface area contributed by atoms with Gasteiger partial charge >= 0.3 is 6.18 Å². The van der Waals surface area contributed by atoms with E-state index in [1.54, 1.807) is 11.9 Å². The van der Waals surface area contributed by atoms with Crippen molar-refractivity contribution in [3.63, 3.8) is 0 Å². The highest BCUT2D eigenvalue weighted by atomic mass is 19.4. The Bertz CT molecular complexity index is 216. The van der Waals surface area contributed by atoms with Crippen LogP contribution in [0, 0.1) is 17.2 Å². The van der Waals surface area contributed by atoms with E-state index in [4.69, 9.17) is 5.26 Å². The SMILES string of the molecule is CCC(CC)N(C)CC(C#N)C(F)(F)F. The largest absolute Gasteiger partial charge is 0.405 e. The molecule has 0 radical (unpaired) electrons. The predicted octanol–water partition coefficient (Wildman–Crippen LogP) is 2.81. The molecule has 2 nitrogen and oxygen atoms in total. The zero-order chi connectivity index (χ0) is 12.1. The average molecular weight is 222 g/mol. The Labute approximate surface area is 88.7 Å². The number of halogens is 3. The minimum absolute atomic E-state index is 0.114. The van der Waals surface area contributed by atoms with Gasteiger partial charge in [0.2, 0.25) is 0 Å². The standard InChI is InChI=1S/C10H17F3N2/c1-4-9(5-2)15(3)7-8(6-14)10(11,12)13/h8-9H,4-5,7H2,1-3H3. The lowest BCUT2D eigenvalue weighted by Crippen LogP contribution is -2.39. The van der Waals surface area contributed by atoms with Crippen molar-refractivity contribution in [2.75, 3.05) is 13.6 Å². The van der Waals surface area contributed by atoms with Crippen LogP contribution in [0.15, 0.2) is 0 Å². The summed E-state index contributed by atoms with van der Waals surface area (Å²) in [4.78, 5) is 1.61. The molecule has 1 unspecified atom stereocenters. The summed E-state index contributed by atoms with van der Waals surface area (Å²) in [6, 6.07) is 1.42. The van der Waals surface area contributed by atoms with Gasteiger partial charge in [0.25, 0.3) is 0 Å². The lowest BCUT2D eigenvalue weighted by molar-refractivity contribution is -0.163. The Morgan fingerprint density at radius 1 is 1.27 bits per heavy atom. The van der Waals surface area contributed by atoms with E-state index in [2.05, 4.69) is 0 Å². The third-order valence-corrected chi connectivity index (χ3v) is 2.59. The molecule has 1 atom stereocenters. The topological polar surface area (TPSA) is 27.0 Å². The van der Waals surface area contributed by atoms with Gasteiger partial charge < -0.3 is 4.90 Å². The van der Waals surface area contributed by atoms with Gasteiger partial charge in [-0.15, -0.1) is 0 Å². The van der Waals surface area contributed by atoms with E-state index >= 15 is 0 Å². The third kappa shape index (κ3) is 4.52. The summed E-state index contributed by atoms with van der Waals surface area (Å²) in [7, 11) is 1.63. The highest BCUT2D eigenvalue weighted by Crippen LogP contribution is 2.26. The summed E-state index contributed by atoms with van der Waals surface area (Å²) in [6.45, 7) is 3.62. The predicted molar refractivity (Wildman–Crippen MR) is 52.2 cm³/mol. The van der Waals surface area contributed by atoms with Crippen LogP contribution in [0.3, 0.4) is 0 Å². The minimum atomic E-state index is -4.42. The van der Waals surface area contributed by atoms with E-state index in [9.17, 15) is 13.2 Å². The lowest BCUT2D eigenvalue weighted by Gasteiger charge is -2.28. The van der Waals surface area contributed by atoms with Crippen molar-refractivity contribution < 1.29 is 13.2 Å². The van der Waals surface area contributed by atoms with Gasteiger partial charge in [-0.25, -0.2) is 0 Å². The van der Waals surface area contributed by atoms with Gasteiger partial charge in [-0.3, -0.25) is 0 Å². The van der Waals surface area contributed by atoms with Gasteiger partial charge in [0.05, 0.1) is 6.07 Å². The molecule has 0 aliphatic carbocycles. The Kier molecular flexibility index (Phi) is 5.66. The second kappa shape index (κ2) is 5.96. The number of hydrogen-bond donors (Lipinski definition) is 0. The molecule has 5 heteroatoms. The normalized spacial score (nSPS) is 14.3. The molecule has 15 heavy (non-hydrogen) atoms. The molecular formula is C10H17F3N2. The van der Waals surface area contributed by atoms with Crippen molar-refractivity contribution in [3.05, 3.63) is 0 Å². The average Bonchev–Trinajstić information content (AvgIpc) is 2.14. The van der Waals surface area contributed by atoms with E-state index in [0.717, 1.165) is 12.8 Å². The van der Waals surface area contributed by atoms with E-state index < -0.39 is 12.1 Å². The molecule has 0 saturated carbocycles. The van der Waals surface area contributed by atoms with E-state index in [-0.39, 0.29) is 12.6 Å². The van der Waals surface area contributed by atoms with Crippen LogP contribution in [0.1, 0.15) is 26.7 Å². The van der Waals surface area contributed by atoms with Gasteiger partial charge in [-0.2, -0.15) is 18.4 Å². The quantitative estimate of drug-likeness (QED) is 0.715. The maximum atomic E-state index is 12.3. The fraction of sp³-hybridized carbons (Fsp3) is 0.900. The van der Waals surface area contributed by atoms with Crippen molar-refractivity contribution in [1.82, 2.24) is 4.90 Å². The molecule has 0 fully saturated rings. The first-order valence-corrected chi connectivity index (χ1v) is 5.03. The third-order valence-electron chi connectivity index (χ3n) is 2.59. The highest BCUT2D eigenvalue weighted by molar-refractivity contribution is 4.91. The summed E-state index contributed by atoms with van der Waals surface area (Å²) in [6.07, 6.45) is -2.83. The molecule has 0 aromatic heterocycles. The van der Waals surface area contributed by atoms with Gasteiger partial charge in [0, 0.05) is 12.6 Å². The summed E-state index contributed by atoms with van der Waals surface area (Å²) in [5.74, 6) is -1.89. The molecule has 0 N–H and O–H groups in total. The van der Waals surface area contributed by atoms with E-state index in [1.165, 1.54) is 6.07 Å². The van der Waals surface area contributed by atoms with Crippen LogP contribution in [-0.2, 0) is 0 Å². The zero-order valence-electron chi connectivity index (χ0n) is 9.30. The summed E-state index contributed by atoms with van der Waals surface area (Å²) in [5.41, 5.74) is 0. The molecule has 0 spiro atoms.